The number of rotatable bonds is 10. The Kier molecular flexibility index (Phi) is 9.45. The molecule has 0 amide bonds. The molecule has 0 fully saturated rings. The summed E-state index contributed by atoms with van der Waals surface area (Å²) >= 11 is 1.28. The molecular formula is C38H37N3O6S. The Morgan fingerprint density at radius 1 is 0.938 bits per heavy atom. The monoisotopic (exact) mass is 663 g/mol. The average Bonchev–Trinajstić information content (AvgIpc) is 3.56. The molecule has 0 saturated carbocycles. The van der Waals surface area contributed by atoms with Gasteiger partial charge in [-0.3, -0.25) is 9.36 Å². The minimum atomic E-state index is -0.781. The number of hydrogen-bond acceptors (Lipinski definition) is 8. The van der Waals surface area contributed by atoms with Crippen molar-refractivity contribution in [3.8, 4) is 5.75 Å². The van der Waals surface area contributed by atoms with Gasteiger partial charge in [0.25, 0.3) is 5.56 Å². The second-order valence-corrected chi connectivity index (χ2v) is 12.7. The molecule has 0 spiro atoms. The Morgan fingerprint density at radius 2 is 1.62 bits per heavy atom. The highest BCUT2D eigenvalue weighted by Crippen LogP contribution is 2.36. The normalized spacial score (nSPS) is 14.6. The van der Waals surface area contributed by atoms with Gasteiger partial charge in [0.2, 0.25) is 0 Å². The molecule has 0 N–H and O–H groups in total. The number of carbonyl (C=O) groups is 2. The molecule has 48 heavy (non-hydrogen) atoms. The summed E-state index contributed by atoms with van der Waals surface area (Å²) in [5, 5.41) is 0.988. The van der Waals surface area contributed by atoms with E-state index in [1.807, 2.05) is 86.8 Å². The third-order valence-corrected chi connectivity index (χ3v) is 9.00. The van der Waals surface area contributed by atoms with Gasteiger partial charge in [0.15, 0.2) is 4.80 Å². The first-order valence-corrected chi connectivity index (χ1v) is 16.8. The van der Waals surface area contributed by atoms with Crippen LogP contribution in [-0.2, 0) is 20.8 Å². The molecule has 0 aliphatic carbocycles. The van der Waals surface area contributed by atoms with Gasteiger partial charge in [-0.2, -0.15) is 0 Å². The van der Waals surface area contributed by atoms with Gasteiger partial charge in [-0.15, -0.1) is 0 Å². The zero-order valence-electron chi connectivity index (χ0n) is 27.6. The Hall–Kier alpha value is -5.22. The van der Waals surface area contributed by atoms with Crippen LogP contribution in [-0.4, -0.2) is 40.4 Å². The molecule has 2 aromatic heterocycles. The molecule has 10 heteroatoms. The lowest BCUT2D eigenvalue weighted by Crippen LogP contribution is -2.40. The van der Waals surface area contributed by atoms with E-state index in [-0.39, 0.29) is 24.2 Å². The molecule has 3 heterocycles. The third-order valence-electron chi connectivity index (χ3n) is 8.02. The van der Waals surface area contributed by atoms with Crippen LogP contribution in [0.4, 0.5) is 0 Å². The topological polar surface area (TPSA) is 101 Å². The number of thiazole rings is 1. The van der Waals surface area contributed by atoms with Crippen LogP contribution in [0.5, 0.6) is 5.75 Å². The van der Waals surface area contributed by atoms with E-state index in [0.29, 0.717) is 50.6 Å². The quantitative estimate of drug-likeness (QED) is 0.176. The fraction of sp³-hybridized carbons (Fsp3) is 0.263. The molecule has 0 unspecified atom stereocenters. The van der Waals surface area contributed by atoms with E-state index in [0.717, 1.165) is 22.0 Å². The highest BCUT2D eigenvalue weighted by atomic mass is 32.1. The zero-order valence-corrected chi connectivity index (χ0v) is 28.4. The van der Waals surface area contributed by atoms with Crippen LogP contribution in [0.25, 0.3) is 17.0 Å². The second-order valence-electron chi connectivity index (χ2n) is 11.7. The van der Waals surface area contributed by atoms with Crippen LogP contribution >= 0.6 is 11.3 Å². The number of fused-ring (bicyclic) bond motifs is 2. The van der Waals surface area contributed by atoms with Gasteiger partial charge in [-0.05, 0) is 70.5 Å². The van der Waals surface area contributed by atoms with Gasteiger partial charge >= 0.3 is 11.9 Å². The lowest BCUT2D eigenvalue weighted by Gasteiger charge is -2.26. The van der Waals surface area contributed by atoms with Gasteiger partial charge < -0.3 is 18.8 Å². The third kappa shape index (κ3) is 6.35. The summed E-state index contributed by atoms with van der Waals surface area (Å²) in [5.74, 6) is -0.278. The van der Waals surface area contributed by atoms with Crippen molar-refractivity contribution in [2.75, 3.05) is 13.2 Å². The minimum Gasteiger partial charge on any atom is -0.491 e. The van der Waals surface area contributed by atoms with E-state index in [9.17, 15) is 14.4 Å². The van der Waals surface area contributed by atoms with Crippen molar-refractivity contribution in [3.05, 3.63) is 132 Å². The number of nitrogens with zero attached hydrogens (tertiary/aromatic N) is 3. The summed E-state index contributed by atoms with van der Waals surface area (Å²) in [4.78, 5) is 45.1. The van der Waals surface area contributed by atoms with E-state index in [4.69, 9.17) is 19.2 Å². The zero-order chi connectivity index (χ0) is 33.9. The summed E-state index contributed by atoms with van der Waals surface area (Å²) in [7, 11) is 0. The second kappa shape index (κ2) is 13.9. The summed E-state index contributed by atoms with van der Waals surface area (Å²) in [6.07, 6.45) is 3.80. The minimum absolute atomic E-state index is 0.120. The van der Waals surface area contributed by atoms with Crippen LogP contribution in [0.1, 0.15) is 67.7 Å². The number of esters is 2. The van der Waals surface area contributed by atoms with Crippen LogP contribution in [0, 0.1) is 0 Å². The smallest absolute Gasteiger partial charge is 0.338 e. The van der Waals surface area contributed by atoms with Crippen LogP contribution in [0.3, 0.4) is 0 Å². The highest BCUT2D eigenvalue weighted by Gasteiger charge is 2.35. The Bertz CT molecular complexity index is 2220. The van der Waals surface area contributed by atoms with Crippen LogP contribution in [0.2, 0.25) is 0 Å². The molecule has 6 rings (SSSR count). The van der Waals surface area contributed by atoms with Gasteiger partial charge in [-0.1, -0.05) is 59.9 Å². The predicted octanol–water partition coefficient (Wildman–Crippen LogP) is 5.77. The summed E-state index contributed by atoms with van der Waals surface area (Å²) < 4.78 is 20.9. The van der Waals surface area contributed by atoms with Crippen LogP contribution in [0.15, 0.2) is 100 Å². The predicted molar refractivity (Wildman–Crippen MR) is 186 cm³/mol. The largest absolute Gasteiger partial charge is 0.491 e. The van der Waals surface area contributed by atoms with Crippen molar-refractivity contribution in [1.29, 1.82) is 0 Å². The van der Waals surface area contributed by atoms with Gasteiger partial charge in [-0.25, -0.2) is 14.6 Å². The van der Waals surface area contributed by atoms with Gasteiger partial charge in [0.05, 0.1) is 40.7 Å². The molecular weight excluding hydrogens is 627 g/mol. The standard InChI is InChI=1S/C38H37N3O6S/c1-6-45-36(43)26-18-16-25(17-19-26)21-40-22-27(28-12-8-10-14-30(28)40)20-32-35(42)41-34(29-13-9-11-15-31(29)47-23(3)4)33(37(44)46-7-2)24(5)39-38(41)48-32/h8-20,22-23,34H,6-7,21H2,1-5H3/b32-20-/t34-/m1/s1. The molecule has 1 aliphatic rings. The Balaban J connectivity index is 1.46. The first-order valence-electron chi connectivity index (χ1n) is 16.0. The number of hydrogen-bond donors (Lipinski definition) is 0. The van der Waals surface area contributed by atoms with Crippen molar-refractivity contribution in [1.82, 2.24) is 9.13 Å². The number of ether oxygens (including phenoxy) is 3. The molecule has 9 nitrogen and oxygen atoms in total. The Morgan fingerprint density at radius 3 is 2.35 bits per heavy atom. The maximum absolute atomic E-state index is 14.4. The molecule has 1 atom stereocenters. The molecule has 1 aliphatic heterocycles. The van der Waals surface area contributed by atoms with Gasteiger partial charge in [0, 0.05) is 34.8 Å². The summed E-state index contributed by atoms with van der Waals surface area (Å²) in [6.45, 7) is 10.3. The summed E-state index contributed by atoms with van der Waals surface area (Å²) in [5.41, 5.74) is 4.62. The van der Waals surface area contributed by atoms with E-state index in [1.54, 1.807) is 37.5 Å². The van der Waals surface area contributed by atoms with Crippen molar-refractivity contribution in [3.63, 3.8) is 0 Å². The van der Waals surface area contributed by atoms with Crippen molar-refractivity contribution in [2.24, 2.45) is 4.99 Å². The fourth-order valence-electron chi connectivity index (χ4n) is 5.97. The number of allylic oxidation sites excluding steroid dienone is 1. The molecule has 246 valence electrons. The lowest BCUT2D eigenvalue weighted by molar-refractivity contribution is -0.139. The Labute approximate surface area is 282 Å². The number of aromatic nitrogens is 2. The number of benzene rings is 3. The maximum Gasteiger partial charge on any atom is 0.338 e. The lowest BCUT2D eigenvalue weighted by atomic mass is 9.95. The number of carbonyl (C=O) groups excluding carboxylic acids is 2. The van der Waals surface area contributed by atoms with Crippen molar-refractivity contribution < 1.29 is 23.8 Å². The molecule has 3 aromatic carbocycles. The molecule has 0 radical (unpaired) electrons. The number of para-hydroxylation sites is 2. The first-order chi connectivity index (χ1) is 23.2. The highest BCUT2D eigenvalue weighted by molar-refractivity contribution is 7.07. The van der Waals surface area contributed by atoms with Gasteiger partial charge in [0.1, 0.15) is 11.8 Å². The van der Waals surface area contributed by atoms with Crippen molar-refractivity contribution >= 4 is 40.3 Å². The van der Waals surface area contributed by atoms with E-state index >= 15 is 0 Å². The SMILES string of the molecule is CCOC(=O)C1=C(C)N=c2s/c(=C\c3cn(Cc4ccc(C(=O)OCC)cc4)c4ccccc34)c(=O)n2[C@@H]1c1ccccc1OC(C)C. The van der Waals surface area contributed by atoms with Crippen LogP contribution < -0.4 is 19.6 Å². The first kappa shape index (κ1) is 32.7. The van der Waals surface area contributed by atoms with E-state index < -0.39 is 12.0 Å². The fourth-order valence-corrected chi connectivity index (χ4v) is 7.01. The van der Waals surface area contributed by atoms with E-state index in [1.165, 1.54) is 11.3 Å². The molecule has 0 bridgehead atoms. The van der Waals surface area contributed by atoms with E-state index in [2.05, 4.69) is 4.57 Å². The molecule has 5 aromatic rings. The average molecular weight is 664 g/mol. The molecule has 0 saturated heterocycles. The van der Waals surface area contributed by atoms with Crippen molar-refractivity contribution in [2.45, 2.75) is 53.3 Å². The summed E-state index contributed by atoms with van der Waals surface area (Å²) in [6, 6.07) is 22.1. The maximum atomic E-state index is 14.4.